The molecule has 10 nitrogen and oxygen atoms in total. The molecule has 37 heavy (non-hydrogen) atoms. The van der Waals surface area contributed by atoms with Gasteiger partial charge in [-0.1, -0.05) is 6.07 Å². The summed E-state index contributed by atoms with van der Waals surface area (Å²) in [6.07, 6.45) is 0.870. The number of hydrogen-bond donors (Lipinski definition) is 0. The van der Waals surface area contributed by atoms with Gasteiger partial charge in [0.15, 0.2) is 23.1 Å². The molecule has 0 aromatic heterocycles. The van der Waals surface area contributed by atoms with Crippen LogP contribution in [0.4, 0.5) is 0 Å². The number of ether oxygens (including phenoxy) is 4. The number of carbonyl (C=O) groups is 4. The van der Waals surface area contributed by atoms with E-state index < -0.39 is 0 Å². The van der Waals surface area contributed by atoms with Crippen LogP contribution >= 0.6 is 15.9 Å². The van der Waals surface area contributed by atoms with E-state index in [1.54, 1.807) is 43.5 Å². The summed E-state index contributed by atoms with van der Waals surface area (Å²) >= 11 is 3.30. The third-order valence-corrected chi connectivity index (χ3v) is 4.83. The Hall–Kier alpha value is -0.167. The van der Waals surface area contributed by atoms with Gasteiger partial charge in [-0.2, -0.15) is 0 Å². The second-order valence-electron chi connectivity index (χ2n) is 6.55. The van der Waals surface area contributed by atoms with E-state index in [0.29, 0.717) is 47.8 Å². The van der Waals surface area contributed by atoms with Gasteiger partial charge in [0.05, 0.1) is 32.4 Å². The van der Waals surface area contributed by atoms with E-state index in [1.165, 1.54) is 28.1 Å². The van der Waals surface area contributed by atoms with Gasteiger partial charge in [-0.05, 0) is 66.5 Å². The van der Waals surface area contributed by atoms with Crippen molar-refractivity contribution in [3.63, 3.8) is 0 Å². The molecule has 194 valence electrons. The van der Waals surface area contributed by atoms with Gasteiger partial charge in [-0.25, -0.2) is 0 Å². The molecule has 0 saturated carbocycles. The first-order chi connectivity index (χ1) is 16.6. The molecule has 0 N–H and O–H groups in total. The van der Waals surface area contributed by atoms with Crippen LogP contribution in [-0.4, -0.2) is 51.9 Å². The van der Waals surface area contributed by atoms with Crippen molar-refractivity contribution in [2.75, 3.05) is 27.9 Å². The Morgan fingerprint density at radius 2 is 1.38 bits per heavy atom. The summed E-state index contributed by atoms with van der Waals surface area (Å²) in [5.74, 6) is 1.49. The molecule has 0 radical (unpaired) electrons. The molecule has 2 aromatic rings. The number of halogens is 1. The summed E-state index contributed by atoms with van der Waals surface area (Å²) in [5.41, 5.74) is 1.23. The molecule has 0 atom stereocenters. The summed E-state index contributed by atoms with van der Waals surface area (Å²) < 4.78 is 21.1. The first-order valence-corrected chi connectivity index (χ1v) is 10.9. The van der Waals surface area contributed by atoms with Gasteiger partial charge in [0, 0.05) is 17.5 Å². The maximum Gasteiger partial charge on any atom is 1.00 e. The average molecular weight is 636 g/mol. The van der Waals surface area contributed by atoms with Gasteiger partial charge in [-0.15, -0.1) is 0 Å². The zero-order valence-corrected chi connectivity index (χ0v) is 30.0. The summed E-state index contributed by atoms with van der Waals surface area (Å²) in [6, 6.07) is 10.3. The number of carbonyl (C=O) groups excluding carboxylic acids is 4. The number of ketones is 2. The van der Waals surface area contributed by atoms with E-state index in [2.05, 4.69) is 25.6 Å². The number of hydrogen-bond acceptors (Lipinski definition) is 10. The van der Waals surface area contributed by atoms with E-state index >= 15 is 0 Å². The Morgan fingerprint density at radius 1 is 0.892 bits per heavy atom. The minimum Gasteiger partial charge on any atom is -1.00 e. The van der Waals surface area contributed by atoms with Crippen LogP contribution in [0.1, 0.15) is 48.8 Å². The minimum atomic E-state index is -0.262. The van der Waals surface area contributed by atoms with Crippen molar-refractivity contribution in [1.29, 1.82) is 0 Å². The van der Waals surface area contributed by atoms with Crippen LogP contribution in [0.25, 0.3) is 0 Å². The summed E-state index contributed by atoms with van der Waals surface area (Å²) in [4.78, 5) is 44.4. The van der Waals surface area contributed by atoms with Crippen molar-refractivity contribution < 1.29 is 152 Å². The normalized spacial score (nSPS) is 8.73. The third kappa shape index (κ3) is 17.9. The fraction of sp³-hybridized carbons (Fsp3) is 0.333. The van der Waals surface area contributed by atoms with Crippen LogP contribution < -0.4 is 122 Å². The van der Waals surface area contributed by atoms with Crippen LogP contribution in [0.3, 0.4) is 0 Å². The molecule has 0 saturated heterocycles. The molecule has 0 bridgehead atoms. The zero-order chi connectivity index (χ0) is 26.8. The molecule has 0 unspecified atom stereocenters. The van der Waals surface area contributed by atoms with Crippen molar-refractivity contribution >= 4 is 39.9 Å². The van der Waals surface area contributed by atoms with Crippen molar-refractivity contribution in [3.8, 4) is 17.2 Å². The fourth-order valence-electron chi connectivity index (χ4n) is 2.39. The van der Waals surface area contributed by atoms with E-state index in [9.17, 15) is 14.4 Å². The maximum absolute atomic E-state index is 11.2. The van der Waals surface area contributed by atoms with Gasteiger partial charge in [-0.3, -0.25) is 19.2 Å². The van der Waals surface area contributed by atoms with Gasteiger partial charge >= 0.3 is 109 Å². The molecule has 13 heteroatoms. The van der Waals surface area contributed by atoms with Crippen LogP contribution in [0.5, 0.6) is 17.2 Å². The Kier molecular flexibility index (Phi) is 27.7. The quantitative estimate of drug-likeness (QED) is 0.0522. The van der Waals surface area contributed by atoms with Crippen LogP contribution in [0.2, 0.25) is 0 Å². The summed E-state index contributed by atoms with van der Waals surface area (Å²) in [6.45, 7) is 3.22. The van der Waals surface area contributed by atoms with E-state index in [-0.39, 0.29) is 128 Å². The minimum absolute atomic E-state index is 0. The number of benzene rings is 2. The third-order valence-electron chi connectivity index (χ3n) is 4.18. The van der Waals surface area contributed by atoms with Gasteiger partial charge in [0.1, 0.15) is 5.75 Å². The zero-order valence-electron chi connectivity index (χ0n) is 23.1. The molecule has 0 amide bonds. The monoisotopic (exact) mass is 634 g/mol. The van der Waals surface area contributed by atoms with E-state index in [0.717, 1.165) is 4.47 Å². The number of esters is 1. The van der Waals surface area contributed by atoms with E-state index in [4.69, 9.17) is 24.3 Å². The van der Waals surface area contributed by atoms with Gasteiger partial charge in [0.2, 0.25) is 0 Å². The molecule has 0 spiro atoms. The first-order valence-electron chi connectivity index (χ1n) is 10.1. The Balaban J connectivity index is -0.000000263. The standard InChI is InChI=1S/C14H18O5.C9H9BrO2.CH2O3.2K.H/c1-10(15)11-6-7-12(13(9-11)17-2)19-8-4-5-14(16)18-3;1-6(11)7-3-4-8(10)9(5-7)12-2;2-1-4-3;;;/h6-7,9H,4-5,8H2,1-3H3;3-5H,1-2H3;1,3H;;;/q;;;2*+1;-1/p-1. The second kappa shape index (κ2) is 24.8. The maximum atomic E-state index is 11.2. The Morgan fingerprint density at radius 3 is 1.81 bits per heavy atom. The van der Waals surface area contributed by atoms with Crippen LogP contribution in [0.15, 0.2) is 40.9 Å². The smallest absolute Gasteiger partial charge is 1.00 e. The number of methoxy groups -OCH3 is 3. The molecular weight excluding hydrogens is 606 g/mol. The molecule has 2 aromatic carbocycles. The molecule has 0 aliphatic rings. The number of Topliss-reactive ketones (excluding diaryl/α,β-unsaturated/α-hetero) is 2. The van der Waals surface area contributed by atoms with E-state index in [1.807, 2.05) is 0 Å². The first kappa shape index (κ1) is 41.3. The molecule has 0 fully saturated rings. The topological polar surface area (TPSA) is 137 Å². The average Bonchev–Trinajstić information content (AvgIpc) is 2.86. The van der Waals surface area contributed by atoms with Crippen molar-refractivity contribution in [1.82, 2.24) is 0 Å². The predicted molar refractivity (Wildman–Crippen MR) is 129 cm³/mol. The fourth-order valence-corrected chi connectivity index (χ4v) is 2.79. The molecule has 0 aliphatic heterocycles. The van der Waals surface area contributed by atoms with Crippen molar-refractivity contribution in [2.45, 2.75) is 26.7 Å². The van der Waals surface area contributed by atoms with Crippen LogP contribution in [0, 0.1) is 0 Å². The Bertz CT molecular complexity index is 993. The molecular formula is C24H29BrK2O10. The predicted octanol–water partition coefficient (Wildman–Crippen LogP) is -2.55. The SMILES string of the molecule is COC(=O)CCCOc1ccc(C(C)=O)cc1OC.COc1cc(C(C)=O)ccc1Br.O=CO[O-].[H-].[K+].[K+]. The summed E-state index contributed by atoms with van der Waals surface area (Å²) in [5, 5.41) is 8.43. The van der Waals surface area contributed by atoms with Crippen LogP contribution in [-0.2, 0) is 19.2 Å². The summed E-state index contributed by atoms with van der Waals surface area (Å²) in [7, 11) is 4.44. The number of rotatable bonds is 10. The molecule has 0 aliphatic carbocycles. The molecule has 2 rings (SSSR count). The largest absolute Gasteiger partial charge is 1.00 e. The second-order valence-corrected chi connectivity index (χ2v) is 7.40. The van der Waals surface area contributed by atoms with Crippen molar-refractivity contribution in [3.05, 3.63) is 52.0 Å². The van der Waals surface area contributed by atoms with Crippen molar-refractivity contribution in [2.24, 2.45) is 0 Å². The Labute approximate surface area is 311 Å². The molecule has 0 heterocycles. The van der Waals surface area contributed by atoms with Gasteiger partial charge < -0.3 is 30.5 Å². The van der Waals surface area contributed by atoms with Gasteiger partial charge in [0.25, 0.3) is 6.47 Å².